The molecular formula is C27H36N2O2. The van der Waals surface area contributed by atoms with Crippen LogP contribution < -0.4 is 5.32 Å². The normalized spacial score (nSPS) is 15.3. The van der Waals surface area contributed by atoms with Gasteiger partial charge in [0.15, 0.2) is 0 Å². The van der Waals surface area contributed by atoms with Crippen molar-refractivity contribution < 1.29 is 9.59 Å². The molecule has 1 aliphatic carbocycles. The summed E-state index contributed by atoms with van der Waals surface area (Å²) in [4.78, 5) is 28.0. The molecule has 1 fully saturated rings. The number of aryl methyl sites for hydroxylation is 2. The van der Waals surface area contributed by atoms with Gasteiger partial charge in [-0.15, -0.1) is 0 Å². The zero-order chi connectivity index (χ0) is 22.1. The van der Waals surface area contributed by atoms with Gasteiger partial charge < -0.3 is 10.2 Å². The number of benzene rings is 2. The van der Waals surface area contributed by atoms with Crippen LogP contribution in [0, 0.1) is 0 Å². The molecule has 1 unspecified atom stereocenters. The maximum atomic E-state index is 13.2. The molecule has 4 nitrogen and oxygen atoms in total. The van der Waals surface area contributed by atoms with E-state index in [1.807, 2.05) is 37.3 Å². The Morgan fingerprint density at radius 1 is 0.935 bits per heavy atom. The Morgan fingerprint density at radius 3 is 2.23 bits per heavy atom. The Balaban J connectivity index is 1.66. The summed E-state index contributed by atoms with van der Waals surface area (Å²) in [5.41, 5.74) is 3.50. The fourth-order valence-corrected chi connectivity index (χ4v) is 4.27. The van der Waals surface area contributed by atoms with Gasteiger partial charge in [-0.05, 0) is 49.3 Å². The second-order valence-corrected chi connectivity index (χ2v) is 8.70. The monoisotopic (exact) mass is 420 g/mol. The van der Waals surface area contributed by atoms with Crippen molar-refractivity contribution in [3.8, 4) is 0 Å². The molecule has 31 heavy (non-hydrogen) atoms. The highest BCUT2D eigenvalue weighted by molar-refractivity contribution is 5.87. The average molecular weight is 421 g/mol. The Hall–Kier alpha value is -2.62. The number of nitrogens with one attached hydrogen (secondary N) is 1. The molecule has 3 rings (SSSR count). The molecule has 1 saturated carbocycles. The molecule has 0 radical (unpaired) electrons. The fourth-order valence-electron chi connectivity index (χ4n) is 4.27. The first-order valence-corrected chi connectivity index (χ1v) is 11.8. The summed E-state index contributed by atoms with van der Waals surface area (Å²) in [6.45, 7) is 4.45. The molecular weight excluding hydrogens is 384 g/mol. The van der Waals surface area contributed by atoms with Crippen molar-refractivity contribution in [2.24, 2.45) is 0 Å². The first-order valence-electron chi connectivity index (χ1n) is 11.8. The molecule has 4 heteroatoms. The Morgan fingerprint density at radius 2 is 1.58 bits per heavy atom. The quantitative estimate of drug-likeness (QED) is 0.617. The third-order valence-electron chi connectivity index (χ3n) is 6.37. The lowest BCUT2D eigenvalue weighted by molar-refractivity contribution is -0.141. The van der Waals surface area contributed by atoms with E-state index in [1.54, 1.807) is 4.90 Å². The van der Waals surface area contributed by atoms with Gasteiger partial charge in [-0.25, -0.2) is 0 Å². The van der Waals surface area contributed by atoms with Crippen LogP contribution in [0.4, 0.5) is 0 Å². The van der Waals surface area contributed by atoms with E-state index in [1.165, 1.54) is 24.8 Å². The molecule has 2 amide bonds. The van der Waals surface area contributed by atoms with Crippen LogP contribution in [0.15, 0.2) is 54.6 Å². The molecule has 0 aromatic heterocycles. The number of amides is 2. The molecule has 0 heterocycles. The summed E-state index contributed by atoms with van der Waals surface area (Å²) in [6, 6.07) is 18.1. The molecule has 1 N–H and O–H groups in total. The largest absolute Gasteiger partial charge is 0.352 e. The van der Waals surface area contributed by atoms with Crippen LogP contribution in [0.2, 0.25) is 0 Å². The van der Waals surface area contributed by atoms with E-state index < -0.39 is 6.04 Å². The third kappa shape index (κ3) is 6.95. The number of rotatable bonds is 9. The van der Waals surface area contributed by atoms with E-state index in [4.69, 9.17) is 0 Å². The summed E-state index contributed by atoms with van der Waals surface area (Å²) in [7, 11) is 0. The van der Waals surface area contributed by atoms with Crippen molar-refractivity contribution in [1.29, 1.82) is 0 Å². The first-order chi connectivity index (χ1) is 15.1. The number of carbonyl (C=O) groups excluding carboxylic acids is 2. The molecule has 2 aromatic rings. The summed E-state index contributed by atoms with van der Waals surface area (Å²) in [5.74, 6) is -0.0156. The minimum atomic E-state index is -0.489. The highest BCUT2D eigenvalue weighted by Gasteiger charge is 2.27. The predicted molar refractivity (Wildman–Crippen MR) is 126 cm³/mol. The van der Waals surface area contributed by atoms with Gasteiger partial charge in [0.1, 0.15) is 6.04 Å². The minimum absolute atomic E-state index is 0.0229. The molecule has 0 aliphatic heterocycles. The summed E-state index contributed by atoms with van der Waals surface area (Å²) in [6.07, 6.45) is 7.77. The smallest absolute Gasteiger partial charge is 0.242 e. The van der Waals surface area contributed by atoms with Crippen molar-refractivity contribution in [2.45, 2.75) is 83.8 Å². The first kappa shape index (κ1) is 23.1. The number of carbonyl (C=O) groups is 2. The molecule has 1 aliphatic rings. The highest BCUT2D eigenvalue weighted by Crippen LogP contribution is 2.19. The van der Waals surface area contributed by atoms with Gasteiger partial charge in [-0.1, -0.05) is 80.8 Å². The van der Waals surface area contributed by atoms with Crippen LogP contribution in [-0.2, 0) is 29.0 Å². The average Bonchev–Trinajstić information content (AvgIpc) is 2.82. The van der Waals surface area contributed by atoms with Gasteiger partial charge in [-0.3, -0.25) is 9.59 Å². The van der Waals surface area contributed by atoms with Gasteiger partial charge >= 0.3 is 0 Å². The number of hydrogen-bond acceptors (Lipinski definition) is 2. The zero-order valence-electron chi connectivity index (χ0n) is 19.0. The van der Waals surface area contributed by atoms with E-state index in [2.05, 4.69) is 36.5 Å². The van der Waals surface area contributed by atoms with Crippen LogP contribution in [0.3, 0.4) is 0 Å². The topological polar surface area (TPSA) is 49.4 Å². The van der Waals surface area contributed by atoms with Gasteiger partial charge in [0.2, 0.25) is 11.8 Å². The van der Waals surface area contributed by atoms with Crippen LogP contribution in [0.5, 0.6) is 0 Å². The Labute approximate surface area is 187 Å². The molecule has 0 saturated heterocycles. The number of hydrogen-bond donors (Lipinski definition) is 1. The third-order valence-corrected chi connectivity index (χ3v) is 6.37. The summed E-state index contributed by atoms with van der Waals surface area (Å²) >= 11 is 0. The molecule has 2 aromatic carbocycles. The highest BCUT2D eigenvalue weighted by atomic mass is 16.2. The molecule has 0 bridgehead atoms. The van der Waals surface area contributed by atoms with Gasteiger partial charge in [0, 0.05) is 19.0 Å². The lowest BCUT2D eigenvalue weighted by Crippen LogP contribution is -2.50. The van der Waals surface area contributed by atoms with Crippen molar-refractivity contribution >= 4 is 11.8 Å². The van der Waals surface area contributed by atoms with Gasteiger partial charge in [0.05, 0.1) is 0 Å². The van der Waals surface area contributed by atoms with Crippen LogP contribution >= 0.6 is 0 Å². The van der Waals surface area contributed by atoms with E-state index in [9.17, 15) is 9.59 Å². The maximum Gasteiger partial charge on any atom is 0.242 e. The van der Waals surface area contributed by atoms with Crippen LogP contribution in [0.25, 0.3) is 0 Å². The number of nitrogens with zero attached hydrogens (tertiary/aromatic N) is 1. The van der Waals surface area contributed by atoms with Crippen molar-refractivity contribution in [3.63, 3.8) is 0 Å². The Kier molecular flexibility index (Phi) is 8.69. The summed E-state index contributed by atoms with van der Waals surface area (Å²) < 4.78 is 0. The summed E-state index contributed by atoms with van der Waals surface area (Å²) in [5, 5.41) is 3.19. The second kappa shape index (κ2) is 11.7. The second-order valence-electron chi connectivity index (χ2n) is 8.70. The van der Waals surface area contributed by atoms with Crippen molar-refractivity contribution in [1.82, 2.24) is 10.2 Å². The van der Waals surface area contributed by atoms with Crippen LogP contribution in [0.1, 0.15) is 69.1 Å². The van der Waals surface area contributed by atoms with E-state index >= 15 is 0 Å². The maximum absolute atomic E-state index is 13.2. The van der Waals surface area contributed by atoms with Crippen molar-refractivity contribution in [2.75, 3.05) is 0 Å². The van der Waals surface area contributed by atoms with E-state index in [0.717, 1.165) is 30.4 Å². The standard InChI is InChI=1S/C27H36N2O2/c1-3-22-14-16-23(17-15-22)18-19-26(30)29(20-24-10-6-4-7-11-24)21(2)27(31)28-25-12-8-5-9-13-25/h4,6-7,10-11,14-17,21,25H,3,5,8-9,12-13,18-20H2,1-2H3,(H,28,31). The predicted octanol–water partition coefficient (Wildman–Crippen LogP) is 5.05. The van der Waals surface area contributed by atoms with Crippen LogP contribution in [-0.4, -0.2) is 28.8 Å². The zero-order valence-corrected chi connectivity index (χ0v) is 19.0. The lowest BCUT2D eigenvalue weighted by atomic mass is 9.95. The minimum Gasteiger partial charge on any atom is -0.352 e. The lowest BCUT2D eigenvalue weighted by Gasteiger charge is -2.31. The van der Waals surface area contributed by atoms with Gasteiger partial charge in [-0.2, -0.15) is 0 Å². The van der Waals surface area contributed by atoms with E-state index in [0.29, 0.717) is 19.4 Å². The molecule has 166 valence electrons. The van der Waals surface area contributed by atoms with E-state index in [-0.39, 0.29) is 17.9 Å². The SMILES string of the molecule is CCc1ccc(CCC(=O)N(Cc2ccccc2)C(C)C(=O)NC2CCCCC2)cc1. The molecule has 1 atom stereocenters. The molecule has 0 spiro atoms. The van der Waals surface area contributed by atoms with Crippen molar-refractivity contribution in [3.05, 3.63) is 71.3 Å². The Bertz CT molecular complexity index is 826. The fraction of sp³-hybridized carbons (Fsp3) is 0.481. The van der Waals surface area contributed by atoms with Gasteiger partial charge in [0.25, 0.3) is 0 Å².